The van der Waals surface area contributed by atoms with Gasteiger partial charge in [0.2, 0.25) is 6.79 Å². The van der Waals surface area contributed by atoms with Crippen LogP contribution in [0.5, 0.6) is 17.2 Å². The highest BCUT2D eigenvalue weighted by Gasteiger charge is 2.39. The van der Waals surface area contributed by atoms with Gasteiger partial charge in [-0.25, -0.2) is 0 Å². The Kier molecular flexibility index (Phi) is 9.28. The molecule has 3 aliphatic heterocycles. The summed E-state index contributed by atoms with van der Waals surface area (Å²) in [6.45, 7) is 15.0. The van der Waals surface area contributed by atoms with Gasteiger partial charge in [0.15, 0.2) is 11.5 Å². The number of nitrogen functional groups attached to an aromatic ring is 1. The molecule has 9 heteroatoms. The molecule has 1 atom stereocenters. The number of nitrogens with two attached hydrogens (primary N) is 1. The number of fused-ring (bicyclic) bond motifs is 2. The Balaban J connectivity index is 0.00000136. The Morgan fingerprint density at radius 1 is 0.882 bits per heavy atom. The lowest BCUT2D eigenvalue weighted by Crippen LogP contribution is -2.52. The quantitative estimate of drug-likeness (QED) is 0.576. The Labute approximate surface area is 221 Å². The molecule has 190 valence electrons. The first-order valence-corrected chi connectivity index (χ1v) is 11.2. The summed E-state index contributed by atoms with van der Waals surface area (Å²) in [4.78, 5) is 5.06. The second-order valence-electron chi connectivity index (χ2n) is 9.57. The highest BCUT2D eigenvalue weighted by atomic mass is 35.5. The minimum atomic E-state index is -0.197. The van der Waals surface area contributed by atoms with Gasteiger partial charge in [-0.3, -0.25) is 9.80 Å². The van der Waals surface area contributed by atoms with Crippen LogP contribution in [0.2, 0.25) is 0 Å². The predicted molar refractivity (Wildman–Crippen MR) is 144 cm³/mol. The van der Waals surface area contributed by atoms with Crippen molar-refractivity contribution in [3.05, 3.63) is 46.0 Å². The van der Waals surface area contributed by atoms with Crippen LogP contribution in [-0.4, -0.2) is 54.9 Å². The number of anilines is 1. The van der Waals surface area contributed by atoms with Gasteiger partial charge in [-0.05, 0) is 62.1 Å². The van der Waals surface area contributed by atoms with E-state index in [0.29, 0.717) is 6.79 Å². The van der Waals surface area contributed by atoms with Crippen LogP contribution >= 0.6 is 37.2 Å². The molecular formula is C25H36Cl3N3O3. The van der Waals surface area contributed by atoms with E-state index in [4.69, 9.17) is 19.9 Å². The average Bonchev–Trinajstić information content (AvgIpc) is 3.36. The molecule has 0 saturated carbocycles. The lowest BCUT2D eigenvalue weighted by Gasteiger charge is -2.38. The number of halogens is 3. The van der Waals surface area contributed by atoms with Gasteiger partial charge in [0.1, 0.15) is 11.4 Å². The molecule has 5 rings (SSSR count). The van der Waals surface area contributed by atoms with E-state index in [2.05, 4.69) is 49.6 Å². The maximum atomic E-state index is 6.57. The van der Waals surface area contributed by atoms with Gasteiger partial charge in [0.05, 0.1) is 0 Å². The molecule has 6 nitrogen and oxygen atoms in total. The molecule has 0 radical (unpaired) electrons. The molecule has 2 aromatic rings. The van der Waals surface area contributed by atoms with E-state index in [1.807, 2.05) is 6.07 Å². The molecule has 1 unspecified atom stereocenters. The van der Waals surface area contributed by atoms with Gasteiger partial charge in [-0.15, -0.1) is 37.2 Å². The minimum Gasteiger partial charge on any atom is -0.485 e. The SMILES string of the molecule is Cc1c(C)c2c(c(C)c1N)CC(C)(CN1CCN(Cc3ccc4c(c3)OCO4)CC1)O2.Cl.Cl.Cl. The van der Waals surface area contributed by atoms with Gasteiger partial charge in [0, 0.05) is 56.9 Å². The van der Waals surface area contributed by atoms with E-state index >= 15 is 0 Å². The lowest BCUT2D eigenvalue weighted by atomic mass is 9.91. The Morgan fingerprint density at radius 2 is 1.53 bits per heavy atom. The van der Waals surface area contributed by atoms with Crippen LogP contribution in [0.25, 0.3) is 0 Å². The van der Waals surface area contributed by atoms with Crippen molar-refractivity contribution in [2.45, 2.75) is 46.3 Å². The first kappa shape index (κ1) is 28.7. The average molecular weight is 533 g/mol. The van der Waals surface area contributed by atoms with Crippen molar-refractivity contribution < 1.29 is 14.2 Å². The zero-order chi connectivity index (χ0) is 21.8. The van der Waals surface area contributed by atoms with Crippen LogP contribution in [0.15, 0.2) is 18.2 Å². The molecule has 0 bridgehead atoms. The van der Waals surface area contributed by atoms with E-state index in [-0.39, 0.29) is 42.8 Å². The zero-order valence-electron chi connectivity index (χ0n) is 20.3. The number of piperazine rings is 1. The molecule has 34 heavy (non-hydrogen) atoms. The molecule has 3 aliphatic rings. The van der Waals surface area contributed by atoms with Crippen molar-refractivity contribution in [1.29, 1.82) is 0 Å². The van der Waals surface area contributed by atoms with E-state index in [0.717, 1.165) is 74.2 Å². The molecule has 0 spiro atoms. The number of hydrogen-bond donors (Lipinski definition) is 1. The van der Waals surface area contributed by atoms with Gasteiger partial charge in [0.25, 0.3) is 0 Å². The summed E-state index contributed by atoms with van der Waals surface area (Å²) >= 11 is 0. The molecule has 0 amide bonds. The van der Waals surface area contributed by atoms with Gasteiger partial charge in [-0.1, -0.05) is 6.07 Å². The first-order valence-electron chi connectivity index (χ1n) is 11.2. The Bertz CT molecular complexity index is 989. The number of ether oxygens (including phenoxy) is 3. The molecule has 2 aromatic carbocycles. The largest absolute Gasteiger partial charge is 0.485 e. The fourth-order valence-corrected chi connectivity index (χ4v) is 5.18. The second kappa shape index (κ2) is 11.0. The topological polar surface area (TPSA) is 60.2 Å². The highest BCUT2D eigenvalue weighted by molar-refractivity contribution is 5.86. The molecule has 3 heterocycles. The van der Waals surface area contributed by atoms with Gasteiger partial charge in [-0.2, -0.15) is 0 Å². The summed E-state index contributed by atoms with van der Waals surface area (Å²) < 4.78 is 17.5. The molecule has 2 N–H and O–H groups in total. The van der Waals surface area contributed by atoms with Crippen molar-refractivity contribution in [3.8, 4) is 17.2 Å². The predicted octanol–water partition coefficient (Wildman–Crippen LogP) is 4.70. The lowest BCUT2D eigenvalue weighted by molar-refractivity contribution is 0.0364. The number of hydrogen-bond acceptors (Lipinski definition) is 6. The number of nitrogens with zero attached hydrogens (tertiary/aromatic N) is 2. The maximum Gasteiger partial charge on any atom is 0.231 e. The van der Waals surface area contributed by atoms with Crippen molar-refractivity contribution in [2.24, 2.45) is 0 Å². The maximum absolute atomic E-state index is 6.57. The summed E-state index contributed by atoms with van der Waals surface area (Å²) in [6, 6.07) is 6.27. The molecule has 1 fully saturated rings. The van der Waals surface area contributed by atoms with Crippen molar-refractivity contribution >= 4 is 42.9 Å². The smallest absolute Gasteiger partial charge is 0.231 e. The van der Waals surface area contributed by atoms with Crippen molar-refractivity contribution in [3.63, 3.8) is 0 Å². The van der Waals surface area contributed by atoms with Crippen LogP contribution in [0.3, 0.4) is 0 Å². The van der Waals surface area contributed by atoms with Crippen molar-refractivity contribution in [1.82, 2.24) is 9.80 Å². The first-order chi connectivity index (χ1) is 14.8. The molecule has 0 aromatic heterocycles. The fourth-order valence-electron chi connectivity index (χ4n) is 5.18. The van der Waals surface area contributed by atoms with E-state index in [1.54, 1.807) is 0 Å². The summed E-state index contributed by atoms with van der Waals surface area (Å²) in [6.07, 6.45) is 0.927. The monoisotopic (exact) mass is 531 g/mol. The van der Waals surface area contributed by atoms with E-state index in [1.165, 1.54) is 22.3 Å². The third kappa shape index (κ3) is 5.31. The number of rotatable bonds is 4. The standard InChI is InChI=1S/C25H33N3O3.3ClH/c1-16-17(2)24-20(18(3)23(16)26)12-25(4,31-24)14-28-9-7-27(8-10-28)13-19-5-6-21-22(11-19)30-15-29-21;;;/h5-6,11H,7-10,12-15,26H2,1-4H3;3*1H. The number of benzene rings is 2. The van der Waals surface area contributed by atoms with Crippen LogP contribution in [0, 0.1) is 20.8 Å². The van der Waals surface area contributed by atoms with E-state index < -0.39 is 0 Å². The summed E-state index contributed by atoms with van der Waals surface area (Å²) in [7, 11) is 0. The second-order valence-corrected chi connectivity index (χ2v) is 9.57. The highest BCUT2D eigenvalue weighted by Crippen LogP contribution is 2.44. The molecular weight excluding hydrogens is 497 g/mol. The zero-order valence-corrected chi connectivity index (χ0v) is 22.8. The van der Waals surface area contributed by atoms with Crippen LogP contribution in [0.4, 0.5) is 5.69 Å². The van der Waals surface area contributed by atoms with E-state index in [9.17, 15) is 0 Å². The van der Waals surface area contributed by atoms with Crippen LogP contribution in [0.1, 0.15) is 34.7 Å². The normalized spacial score (nSPS) is 21.1. The third-order valence-electron chi connectivity index (χ3n) is 7.20. The molecule has 0 aliphatic carbocycles. The van der Waals surface area contributed by atoms with Gasteiger partial charge < -0.3 is 19.9 Å². The summed E-state index contributed by atoms with van der Waals surface area (Å²) in [5.41, 5.74) is 13.2. The summed E-state index contributed by atoms with van der Waals surface area (Å²) in [5, 5.41) is 0. The molecule has 1 saturated heterocycles. The fraction of sp³-hybridized carbons (Fsp3) is 0.520. The summed E-state index contributed by atoms with van der Waals surface area (Å²) in [5.74, 6) is 2.78. The minimum absolute atomic E-state index is 0. The Morgan fingerprint density at radius 3 is 2.24 bits per heavy atom. The van der Waals surface area contributed by atoms with Crippen LogP contribution in [-0.2, 0) is 13.0 Å². The Hall–Kier alpha value is -1.57. The van der Waals surface area contributed by atoms with Gasteiger partial charge >= 0.3 is 0 Å². The van der Waals surface area contributed by atoms with Crippen molar-refractivity contribution in [2.75, 3.05) is 45.3 Å². The third-order valence-corrected chi connectivity index (χ3v) is 7.20. The van der Waals surface area contributed by atoms with Crippen LogP contribution < -0.4 is 19.9 Å².